The van der Waals surface area contributed by atoms with Crippen molar-refractivity contribution in [3.05, 3.63) is 35.4 Å². The Labute approximate surface area is 111 Å². The van der Waals surface area contributed by atoms with Crippen LogP contribution in [0.5, 0.6) is 5.75 Å². The molecule has 0 saturated heterocycles. The molecule has 0 saturated carbocycles. The molecule has 18 heavy (non-hydrogen) atoms. The summed E-state index contributed by atoms with van der Waals surface area (Å²) < 4.78 is 6.19. The molecule has 3 heteroatoms. The molecule has 1 aromatic rings. The molecule has 0 bridgehead atoms. The van der Waals surface area contributed by atoms with Gasteiger partial charge in [0.2, 0.25) is 0 Å². The van der Waals surface area contributed by atoms with Gasteiger partial charge in [0.05, 0.1) is 0 Å². The Bertz CT molecular complexity index is 472. The highest BCUT2D eigenvalue weighted by Gasteiger charge is 2.33. The molecular weight excluding hydrogens is 238 g/mol. The van der Waals surface area contributed by atoms with Crippen molar-refractivity contribution in [2.24, 2.45) is 10.8 Å². The number of nitrogens with two attached hydrogens (primary N) is 1. The standard InChI is InChI=1S/C15H23NOSi/c1-15(2,3)11-18(4,16)17-14-10-6-8-12-7-5-9-13(12)14/h5-6,8-10H,7,11,16H2,1-4H3. The summed E-state index contributed by atoms with van der Waals surface area (Å²) in [5.41, 5.74) is 2.77. The number of allylic oxidation sites excluding steroid dienone is 1. The predicted molar refractivity (Wildman–Crippen MR) is 79.9 cm³/mol. The largest absolute Gasteiger partial charge is 0.529 e. The fraction of sp³-hybridized carbons (Fsp3) is 0.467. The topological polar surface area (TPSA) is 35.2 Å². The number of hydrogen-bond acceptors (Lipinski definition) is 2. The predicted octanol–water partition coefficient (Wildman–Crippen LogP) is 3.71. The lowest BCUT2D eigenvalue weighted by Crippen LogP contribution is -2.51. The second-order valence-corrected chi connectivity index (χ2v) is 9.77. The number of fused-ring (bicyclic) bond motifs is 1. The second-order valence-electron chi connectivity index (χ2n) is 6.59. The third-order valence-corrected chi connectivity index (χ3v) is 5.45. The quantitative estimate of drug-likeness (QED) is 0.842. The van der Waals surface area contributed by atoms with Crippen LogP contribution < -0.4 is 9.83 Å². The van der Waals surface area contributed by atoms with Crippen molar-refractivity contribution in [1.82, 2.24) is 0 Å². The summed E-state index contributed by atoms with van der Waals surface area (Å²) in [4.78, 5) is 0. The van der Waals surface area contributed by atoms with Crippen LogP contribution in [0, 0.1) is 5.41 Å². The van der Waals surface area contributed by atoms with E-state index >= 15 is 0 Å². The van der Waals surface area contributed by atoms with E-state index in [0.29, 0.717) is 0 Å². The Kier molecular flexibility index (Phi) is 3.38. The van der Waals surface area contributed by atoms with E-state index in [-0.39, 0.29) is 5.41 Å². The van der Waals surface area contributed by atoms with Crippen LogP contribution in [0.15, 0.2) is 24.3 Å². The molecule has 0 aliphatic heterocycles. The molecule has 1 aliphatic rings. The van der Waals surface area contributed by atoms with E-state index in [2.05, 4.69) is 51.6 Å². The molecule has 0 fully saturated rings. The van der Waals surface area contributed by atoms with Gasteiger partial charge >= 0.3 is 8.48 Å². The minimum absolute atomic E-state index is 0.212. The first-order valence-electron chi connectivity index (χ1n) is 6.53. The summed E-state index contributed by atoms with van der Waals surface area (Å²) in [5, 5.41) is 6.42. The van der Waals surface area contributed by atoms with Crippen LogP contribution in [-0.2, 0) is 6.42 Å². The fourth-order valence-electron chi connectivity index (χ4n) is 2.69. The van der Waals surface area contributed by atoms with Crippen LogP contribution in [0.1, 0.15) is 31.9 Å². The van der Waals surface area contributed by atoms with E-state index in [4.69, 9.17) is 9.83 Å². The molecule has 0 aromatic heterocycles. The van der Waals surface area contributed by atoms with E-state index in [9.17, 15) is 0 Å². The summed E-state index contributed by atoms with van der Waals surface area (Å²) in [6, 6.07) is 7.20. The van der Waals surface area contributed by atoms with Gasteiger partial charge in [-0.25, -0.2) is 0 Å². The van der Waals surface area contributed by atoms with Crippen LogP contribution in [0.4, 0.5) is 0 Å². The minimum atomic E-state index is -2.16. The summed E-state index contributed by atoms with van der Waals surface area (Å²) in [5.74, 6) is 0.960. The fourth-order valence-corrected chi connectivity index (χ4v) is 5.55. The third kappa shape index (κ3) is 3.24. The Hall–Kier alpha value is -1.06. The highest BCUT2D eigenvalue weighted by molar-refractivity contribution is 6.70. The summed E-state index contributed by atoms with van der Waals surface area (Å²) in [6.07, 6.45) is 5.33. The van der Waals surface area contributed by atoms with Crippen LogP contribution in [0.2, 0.25) is 12.6 Å². The highest BCUT2D eigenvalue weighted by atomic mass is 28.4. The molecule has 1 atom stereocenters. The highest BCUT2D eigenvalue weighted by Crippen LogP contribution is 2.32. The maximum absolute atomic E-state index is 6.42. The number of hydrogen-bond donors (Lipinski definition) is 1. The van der Waals surface area contributed by atoms with Gasteiger partial charge in [-0.3, -0.25) is 0 Å². The normalized spacial score (nSPS) is 17.4. The lowest BCUT2D eigenvalue weighted by atomic mass is 10.0. The molecule has 0 amide bonds. The Balaban J connectivity index is 2.19. The van der Waals surface area contributed by atoms with E-state index < -0.39 is 8.48 Å². The van der Waals surface area contributed by atoms with E-state index in [1.165, 1.54) is 11.1 Å². The maximum Gasteiger partial charge on any atom is 0.323 e. The average Bonchev–Trinajstić information content (AvgIpc) is 2.61. The summed E-state index contributed by atoms with van der Waals surface area (Å²) >= 11 is 0. The van der Waals surface area contributed by atoms with Crippen molar-refractivity contribution in [1.29, 1.82) is 0 Å². The lowest BCUT2D eigenvalue weighted by molar-refractivity contribution is 0.424. The first-order chi connectivity index (χ1) is 8.27. The van der Waals surface area contributed by atoms with Crippen molar-refractivity contribution in [3.8, 4) is 5.75 Å². The first kappa shape index (κ1) is 13.4. The molecule has 2 N–H and O–H groups in total. The maximum atomic E-state index is 6.42. The monoisotopic (exact) mass is 261 g/mol. The summed E-state index contributed by atoms with van der Waals surface area (Å²) in [6.45, 7) is 8.73. The van der Waals surface area contributed by atoms with Gasteiger partial charge in [0.25, 0.3) is 0 Å². The Morgan fingerprint density at radius 3 is 2.72 bits per heavy atom. The SMILES string of the molecule is CC(C)(C)C[Si](C)(N)Oc1cccc2c1C=CC2. The molecule has 2 nitrogen and oxygen atoms in total. The van der Waals surface area contributed by atoms with E-state index in [1.54, 1.807) is 0 Å². The number of rotatable bonds is 3. The van der Waals surface area contributed by atoms with Crippen LogP contribution in [0.3, 0.4) is 0 Å². The average molecular weight is 261 g/mol. The van der Waals surface area contributed by atoms with Crippen molar-refractivity contribution >= 4 is 14.6 Å². The van der Waals surface area contributed by atoms with E-state index in [0.717, 1.165) is 18.2 Å². The van der Waals surface area contributed by atoms with Gasteiger partial charge in [0.15, 0.2) is 0 Å². The van der Waals surface area contributed by atoms with Crippen molar-refractivity contribution in [2.75, 3.05) is 0 Å². The molecule has 1 aliphatic carbocycles. The molecule has 0 heterocycles. The Morgan fingerprint density at radius 1 is 1.33 bits per heavy atom. The molecule has 98 valence electrons. The second kappa shape index (κ2) is 4.56. The first-order valence-corrected chi connectivity index (χ1v) is 9.22. The van der Waals surface area contributed by atoms with Gasteiger partial charge in [-0.1, -0.05) is 45.1 Å². The van der Waals surface area contributed by atoms with E-state index in [1.807, 2.05) is 6.07 Å². The van der Waals surface area contributed by atoms with Crippen LogP contribution in [0.25, 0.3) is 6.08 Å². The zero-order valence-corrected chi connectivity index (χ0v) is 12.8. The zero-order chi connectivity index (χ0) is 13.4. The smallest absolute Gasteiger partial charge is 0.323 e. The minimum Gasteiger partial charge on any atom is -0.529 e. The molecule has 0 radical (unpaired) electrons. The third-order valence-electron chi connectivity index (χ3n) is 3.00. The van der Waals surface area contributed by atoms with Gasteiger partial charge in [-0.05, 0) is 36.1 Å². The lowest BCUT2D eigenvalue weighted by Gasteiger charge is -2.30. The van der Waals surface area contributed by atoms with Gasteiger partial charge in [-0.2, -0.15) is 0 Å². The zero-order valence-electron chi connectivity index (χ0n) is 11.8. The van der Waals surface area contributed by atoms with Crippen molar-refractivity contribution < 1.29 is 4.43 Å². The molecular formula is C15H23NOSi. The van der Waals surface area contributed by atoms with Crippen LogP contribution >= 0.6 is 0 Å². The van der Waals surface area contributed by atoms with Crippen molar-refractivity contribution in [3.63, 3.8) is 0 Å². The van der Waals surface area contributed by atoms with Gasteiger partial charge < -0.3 is 9.83 Å². The molecule has 2 rings (SSSR count). The Morgan fingerprint density at radius 2 is 2.06 bits per heavy atom. The van der Waals surface area contributed by atoms with Crippen LogP contribution in [-0.4, -0.2) is 8.48 Å². The van der Waals surface area contributed by atoms with Gasteiger partial charge in [-0.15, -0.1) is 0 Å². The molecule has 1 aromatic carbocycles. The van der Waals surface area contributed by atoms with Gasteiger partial charge in [0, 0.05) is 5.56 Å². The van der Waals surface area contributed by atoms with Crippen molar-refractivity contribution in [2.45, 2.75) is 39.8 Å². The van der Waals surface area contributed by atoms with Gasteiger partial charge in [0.1, 0.15) is 5.75 Å². The molecule has 0 spiro atoms. The summed E-state index contributed by atoms with van der Waals surface area (Å²) in [7, 11) is -2.16. The number of benzene rings is 1. The molecule has 1 unspecified atom stereocenters.